The van der Waals surface area contributed by atoms with Crippen molar-refractivity contribution in [3.05, 3.63) is 58.6 Å². The average molecular weight is 579 g/mol. The molecule has 2 heterocycles. The molecule has 3 atom stereocenters. The molecule has 11 heteroatoms. The van der Waals surface area contributed by atoms with Crippen molar-refractivity contribution < 1.29 is 28.6 Å². The Morgan fingerprint density at radius 1 is 1.21 bits per heavy atom. The first-order valence-electron chi connectivity index (χ1n) is 14.0. The molecule has 0 saturated carbocycles. The van der Waals surface area contributed by atoms with E-state index < -0.39 is 41.1 Å². The van der Waals surface area contributed by atoms with Crippen LogP contribution in [0.1, 0.15) is 46.1 Å². The summed E-state index contributed by atoms with van der Waals surface area (Å²) < 4.78 is 17.9. The number of nitrogens with zero attached hydrogens (tertiary/aromatic N) is 3. The summed E-state index contributed by atoms with van der Waals surface area (Å²) in [7, 11) is 1.65. The largest absolute Gasteiger partial charge is 0.444 e. The van der Waals surface area contributed by atoms with Crippen molar-refractivity contribution in [2.45, 2.75) is 70.3 Å². The highest BCUT2D eigenvalue weighted by molar-refractivity contribution is 5.83. The van der Waals surface area contributed by atoms with Gasteiger partial charge in [-0.1, -0.05) is 43.7 Å². The molecule has 1 saturated heterocycles. The molecule has 3 aromatic rings. The van der Waals surface area contributed by atoms with E-state index in [-0.39, 0.29) is 26.1 Å². The van der Waals surface area contributed by atoms with Gasteiger partial charge in [-0.05, 0) is 56.0 Å². The zero-order valence-corrected chi connectivity index (χ0v) is 24.7. The van der Waals surface area contributed by atoms with Crippen LogP contribution in [0.15, 0.2) is 51.7 Å². The SMILES string of the molecule is CCC[C@]1(O)CO[C@H](C(=O)N[C@H](C#N)Cc2ccc(-c3ccc4oc(=O)n(C)c4c3)cc2)CN(C(=O)OC(C)(C)C)C1. The maximum absolute atomic E-state index is 13.2. The summed E-state index contributed by atoms with van der Waals surface area (Å²) in [6.45, 7) is 6.86. The van der Waals surface area contributed by atoms with E-state index in [1.165, 1.54) is 9.47 Å². The van der Waals surface area contributed by atoms with Crippen molar-refractivity contribution in [1.82, 2.24) is 14.8 Å². The minimum Gasteiger partial charge on any atom is -0.444 e. The third-order valence-electron chi connectivity index (χ3n) is 7.07. The van der Waals surface area contributed by atoms with Crippen LogP contribution in [0.25, 0.3) is 22.2 Å². The Morgan fingerprint density at radius 3 is 2.55 bits per heavy atom. The van der Waals surface area contributed by atoms with Gasteiger partial charge in [-0.25, -0.2) is 9.59 Å². The van der Waals surface area contributed by atoms with Gasteiger partial charge < -0.3 is 29.2 Å². The van der Waals surface area contributed by atoms with Crippen molar-refractivity contribution in [3.8, 4) is 17.2 Å². The van der Waals surface area contributed by atoms with Crippen molar-refractivity contribution in [2.75, 3.05) is 19.7 Å². The minimum atomic E-state index is -1.33. The zero-order valence-electron chi connectivity index (χ0n) is 24.7. The predicted molar refractivity (Wildman–Crippen MR) is 156 cm³/mol. The lowest BCUT2D eigenvalue weighted by atomic mass is 9.99. The smallest absolute Gasteiger partial charge is 0.419 e. The van der Waals surface area contributed by atoms with E-state index in [4.69, 9.17) is 13.9 Å². The van der Waals surface area contributed by atoms with Gasteiger partial charge in [0.2, 0.25) is 0 Å². The number of nitriles is 1. The molecule has 0 aliphatic carbocycles. The Bertz CT molecular complexity index is 1530. The lowest BCUT2D eigenvalue weighted by molar-refractivity contribution is -0.136. The van der Waals surface area contributed by atoms with Gasteiger partial charge in [0.1, 0.15) is 17.2 Å². The number of ether oxygens (including phenoxy) is 2. The molecule has 0 spiro atoms. The highest BCUT2D eigenvalue weighted by atomic mass is 16.6. The molecule has 2 amide bonds. The number of hydrogen-bond donors (Lipinski definition) is 2. The monoisotopic (exact) mass is 578 g/mol. The molecule has 0 radical (unpaired) electrons. The lowest BCUT2D eigenvalue weighted by Gasteiger charge is -2.32. The van der Waals surface area contributed by atoms with Gasteiger partial charge in [0, 0.05) is 13.5 Å². The van der Waals surface area contributed by atoms with Crippen LogP contribution in [-0.2, 0) is 27.7 Å². The summed E-state index contributed by atoms with van der Waals surface area (Å²) in [6, 6.07) is 14.3. The van der Waals surface area contributed by atoms with E-state index in [1.807, 2.05) is 43.3 Å². The average Bonchev–Trinajstić information content (AvgIpc) is 3.09. The standard InChI is InChI=1S/C31H38N4O7/c1-6-13-31(39)18-35(29(38)42-30(2,3)4)17-26(40-19-31)27(36)33-23(16-32)14-20-7-9-21(10-8-20)22-11-12-25-24(15-22)34(5)28(37)41-25/h7-12,15,23,26,39H,6,13-14,17-19H2,1-5H3,(H,33,36)/t23-,26-,31+/m0/s1. The van der Waals surface area contributed by atoms with E-state index in [0.717, 1.165) is 16.7 Å². The molecule has 1 aliphatic rings. The molecular formula is C31H38N4O7. The predicted octanol–water partition coefficient (Wildman–Crippen LogP) is 3.52. The number of aliphatic hydroxyl groups is 1. The lowest BCUT2D eigenvalue weighted by Crippen LogP contribution is -2.50. The maximum Gasteiger partial charge on any atom is 0.419 e. The third kappa shape index (κ3) is 7.38. The molecule has 4 rings (SSSR count). The molecule has 1 aliphatic heterocycles. The van der Waals surface area contributed by atoms with Crippen LogP contribution in [0, 0.1) is 11.3 Å². The molecule has 1 fully saturated rings. The van der Waals surface area contributed by atoms with Crippen LogP contribution in [0.5, 0.6) is 0 Å². The van der Waals surface area contributed by atoms with Gasteiger partial charge in [-0.15, -0.1) is 0 Å². The highest BCUT2D eigenvalue weighted by Crippen LogP contribution is 2.25. The summed E-state index contributed by atoms with van der Waals surface area (Å²) in [6.07, 6.45) is -0.445. The molecule has 42 heavy (non-hydrogen) atoms. The Labute approximate surface area is 244 Å². The van der Waals surface area contributed by atoms with E-state index in [2.05, 4.69) is 11.4 Å². The number of β-amino-alcohol motifs (C(OH)–C–C–N with tert-alkyl or cyclic N) is 1. The van der Waals surface area contributed by atoms with Crippen molar-refractivity contribution in [1.29, 1.82) is 5.26 Å². The Hall–Kier alpha value is -4.14. The number of aromatic nitrogens is 1. The van der Waals surface area contributed by atoms with E-state index in [9.17, 15) is 24.8 Å². The molecule has 2 N–H and O–H groups in total. The van der Waals surface area contributed by atoms with Crippen LogP contribution >= 0.6 is 0 Å². The Balaban J connectivity index is 1.44. The summed E-state index contributed by atoms with van der Waals surface area (Å²) in [5.41, 5.74) is 1.77. The van der Waals surface area contributed by atoms with Crippen LogP contribution < -0.4 is 11.1 Å². The number of carbonyl (C=O) groups excluding carboxylic acids is 2. The fraction of sp³-hybridized carbons (Fsp3) is 0.484. The normalized spacial score (nSPS) is 20.0. The summed E-state index contributed by atoms with van der Waals surface area (Å²) in [5, 5.41) is 23.6. The van der Waals surface area contributed by atoms with E-state index in [0.29, 0.717) is 23.9 Å². The quantitative estimate of drug-likeness (QED) is 0.433. The van der Waals surface area contributed by atoms with Crippen LogP contribution in [-0.4, -0.2) is 69.6 Å². The van der Waals surface area contributed by atoms with Gasteiger partial charge in [0.05, 0.1) is 31.3 Å². The van der Waals surface area contributed by atoms with Crippen LogP contribution in [0.2, 0.25) is 0 Å². The van der Waals surface area contributed by atoms with Gasteiger partial charge in [0.15, 0.2) is 11.7 Å². The van der Waals surface area contributed by atoms with Gasteiger partial charge in [-0.2, -0.15) is 5.26 Å². The van der Waals surface area contributed by atoms with E-state index in [1.54, 1.807) is 33.9 Å². The number of carbonyl (C=O) groups is 2. The molecular weight excluding hydrogens is 540 g/mol. The van der Waals surface area contributed by atoms with Crippen LogP contribution in [0.4, 0.5) is 4.79 Å². The van der Waals surface area contributed by atoms with Crippen LogP contribution in [0.3, 0.4) is 0 Å². The van der Waals surface area contributed by atoms with Crippen molar-refractivity contribution >= 4 is 23.1 Å². The second-order valence-electron chi connectivity index (χ2n) is 11.8. The first-order chi connectivity index (χ1) is 19.8. The number of hydrogen-bond acceptors (Lipinski definition) is 8. The van der Waals surface area contributed by atoms with Gasteiger partial charge in [0.25, 0.3) is 5.91 Å². The van der Waals surface area contributed by atoms with Gasteiger partial charge in [-0.3, -0.25) is 9.36 Å². The Morgan fingerprint density at radius 2 is 1.90 bits per heavy atom. The number of amides is 2. The second kappa shape index (κ2) is 12.4. The minimum absolute atomic E-state index is 0.0304. The number of oxazole rings is 1. The highest BCUT2D eigenvalue weighted by Gasteiger charge is 2.40. The molecule has 0 unspecified atom stereocenters. The molecule has 1 aromatic heterocycles. The Kier molecular flexibility index (Phi) is 9.09. The molecule has 0 bridgehead atoms. The topological polar surface area (TPSA) is 147 Å². The number of aryl methyl sites for hydroxylation is 1. The molecule has 2 aromatic carbocycles. The first-order valence-corrected chi connectivity index (χ1v) is 14.0. The number of nitrogens with one attached hydrogen (secondary N) is 1. The first kappa shape index (κ1) is 30.8. The third-order valence-corrected chi connectivity index (χ3v) is 7.07. The van der Waals surface area contributed by atoms with Crippen molar-refractivity contribution in [2.24, 2.45) is 7.05 Å². The summed E-state index contributed by atoms with van der Waals surface area (Å²) in [4.78, 5) is 39.2. The summed E-state index contributed by atoms with van der Waals surface area (Å²) >= 11 is 0. The second-order valence-corrected chi connectivity index (χ2v) is 11.8. The summed E-state index contributed by atoms with van der Waals surface area (Å²) in [5.74, 6) is -0.975. The fourth-order valence-corrected chi connectivity index (χ4v) is 4.98. The zero-order chi connectivity index (χ0) is 30.7. The number of benzene rings is 2. The van der Waals surface area contributed by atoms with Gasteiger partial charge >= 0.3 is 11.8 Å². The number of fused-ring (bicyclic) bond motifs is 1. The maximum atomic E-state index is 13.2. The van der Waals surface area contributed by atoms with E-state index >= 15 is 0 Å². The fourth-order valence-electron chi connectivity index (χ4n) is 4.98. The molecule has 224 valence electrons. The number of rotatable bonds is 7. The van der Waals surface area contributed by atoms with Crippen molar-refractivity contribution in [3.63, 3.8) is 0 Å². The molecule has 11 nitrogen and oxygen atoms in total.